The second-order valence-corrected chi connectivity index (χ2v) is 7.20. The number of carbonyl (C=O) groups is 1. The fraction of sp³-hybridized carbons (Fsp3) is 0.0909. The van der Waals surface area contributed by atoms with E-state index in [0.29, 0.717) is 22.2 Å². The van der Waals surface area contributed by atoms with Crippen LogP contribution < -0.4 is 10.2 Å². The van der Waals surface area contributed by atoms with Gasteiger partial charge in [0.2, 0.25) is 11.2 Å². The summed E-state index contributed by atoms with van der Waals surface area (Å²) in [6.45, 7) is 1.88. The van der Waals surface area contributed by atoms with Gasteiger partial charge in [0.25, 0.3) is 0 Å². The second kappa shape index (κ2) is 8.28. The van der Waals surface area contributed by atoms with Crippen LogP contribution in [0.3, 0.4) is 0 Å². The SMILES string of the molecule is Cc1ccnc(SCc2cc(=O)c(OC(=O)c3cccc4ccccc34)co2)n1. The molecule has 2 aromatic heterocycles. The maximum Gasteiger partial charge on any atom is 0.344 e. The highest BCUT2D eigenvalue weighted by Crippen LogP contribution is 2.21. The van der Waals surface area contributed by atoms with Gasteiger partial charge in [-0.2, -0.15) is 0 Å². The number of thioether (sulfide) groups is 1. The van der Waals surface area contributed by atoms with Crippen LogP contribution in [-0.4, -0.2) is 15.9 Å². The molecule has 0 saturated heterocycles. The van der Waals surface area contributed by atoms with Crippen LogP contribution in [0, 0.1) is 6.92 Å². The van der Waals surface area contributed by atoms with E-state index in [1.165, 1.54) is 24.1 Å². The lowest BCUT2D eigenvalue weighted by Gasteiger charge is -2.07. The van der Waals surface area contributed by atoms with Crippen LogP contribution in [-0.2, 0) is 5.75 Å². The fourth-order valence-corrected chi connectivity index (χ4v) is 3.54. The predicted octanol–water partition coefficient (Wildman–Crippen LogP) is 4.40. The number of rotatable bonds is 5. The molecule has 0 bridgehead atoms. The Bertz CT molecular complexity index is 1250. The van der Waals surface area contributed by atoms with Crippen LogP contribution in [0.2, 0.25) is 0 Å². The Morgan fingerprint density at radius 2 is 1.97 bits per heavy atom. The molecule has 4 aromatic rings. The minimum atomic E-state index is -0.607. The zero-order valence-corrected chi connectivity index (χ0v) is 16.3. The molecule has 4 rings (SSSR count). The number of aryl methyl sites for hydroxylation is 1. The van der Waals surface area contributed by atoms with E-state index in [-0.39, 0.29) is 5.75 Å². The largest absolute Gasteiger partial charge is 0.464 e. The molecule has 7 heteroatoms. The number of fused-ring (bicyclic) bond motifs is 1. The van der Waals surface area contributed by atoms with Crippen LogP contribution in [0.15, 0.2) is 81.4 Å². The highest BCUT2D eigenvalue weighted by atomic mass is 32.2. The number of benzene rings is 2. The zero-order valence-electron chi connectivity index (χ0n) is 15.5. The lowest BCUT2D eigenvalue weighted by atomic mass is 10.1. The average Bonchev–Trinajstić information content (AvgIpc) is 2.73. The number of carbonyl (C=O) groups excluding carboxylic acids is 1. The summed E-state index contributed by atoms with van der Waals surface area (Å²) in [5.74, 6) is 0.0684. The molecular weight excluding hydrogens is 388 g/mol. The first-order chi connectivity index (χ1) is 14.1. The number of nitrogens with zero attached hydrogens (tertiary/aromatic N) is 2. The van der Waals surface area contributed by atoms with Crippen molar-refractivity contribution in [3.05, 3.63) is 94.3 Å². The maximum absolute atomic E-state index is 12.6. The van der Waals surface area contributed by atoms with Crippen molar-refractivity contribution in [2.75, 3.05) is 0 Å². The molecule has 144 valence electrons. The van der Waals surface area contributed by atoms with Crippen LogP contribution in [0.4, 0.5) is 0 Å². The summed E-state index contributed by atoms with van der Waals surface area (Å²) >= 11 is 1.35. The highest BCUT2D eigenvalue weighted by Gasteiger charge is 2.15. The van der Waals surface area contributed by atoms with Gasteiger partial charge in [-0.15, -0.1) is 0 Å². The van der Waals surface area contributed by atoms with Gasteiger partial charge in [-0.1, -0.05) is 48.2 Å². The van der Waals surface area contributed by atoms with Crippen molar-refractivity contribution < 1.29 is 13.9 Å². The minimum absolute atomic E-state index is 0.150. The molecule has 6 nitrogen and oxygen atoms in total. The third kappa shape index (κ3) is 4.35. The molecule has 0 N–H and O–H groups in total. The van der Waals surface area contributed by atoms with E-state index in [1.807, 2.05) is 43.3 Å². The van der Waals surface area contributed by atoms with Gasteiger partial charge in [0.1, 0.15) is 12.0 Å². The molecule has 0 saturated carbocycles. The summed E-state index contributed by atoms with van der Waals surface area (Å²) in [7, 11) is 0. The van der Waals surface area contributed by atoms with Crippen molar-refractivity contribution in [2.45, 2.75) is 17.8 Å². The van der Waals surface area contributed by atoms with Gasteiger partial charge in [-0.05, 0) is 29.8 Å². The summed E-state index contributed by atoms with van der Waals surface area (Å²) in [6.07, 6.45) is 2.84. The quantitative estimate of drug-likeness (QED) is 0.277. The van der Waals surface area contributed by atoms with Gasteiger partial charge in [-0.3, -0.25) is 4.79 Å². The van der Waals surface area contributed by atoms with Gasteiger partial charge in [-0.25, -0.2) is 14.8 Å². The Morgan fingerprint density at radius 1 is 1.14 bits per heavy atom. The molecule has 0 aliphatic heterocycles. The van der Waals surface area contributed by atoms with E-state index < -0.39 is 11.4 Å². The van der Waals surface area contributed by atoms with Crippen LogP contribution >= 0.6 is 11.8 Å². The van der Waals surface area contributed by atoms with E-state index in [0.717, 1.165) is 16.5 Å². The molecule has 0 fully saturated rings. The summed E-state index contributed by atoms with van der Waals surface area (Å²) < 4.78 is 10.8. The van der Waals surface area contributed by atoms with Gasteiger partial charge in [0, 0.05) is 18.0 Å². The normalized spacial score (nSPS) is 10.8. The van der Waals surface area contributed by atoms with Crippen molar-refractivity contribution in [1.29, 1.82) is 0 Å². The summed E-state index contributed by atoms with van der Waals surface area (Å²) in [4.78, 5) is 33.4. The lowest BCUT2D eigenvalue weighted by molar-refractivity contribution is 0.0731. The third-order valence-electron chi connectivity index (χ3n) is 4.18. The Morgan fingerprint density at radius 3 is 2.79 bits per heavy atom. The maximum atomic E-state index is 12.6. The van der Waals surface area contributed by atoms with E-state index in [9.17, 15) is 9.59 Å². The molecule has 0 amide bonds. The van der Waals surface area contributed by atoms with Crippen LogP contribution in [0.25, 0.3) is 10.8 Å². The number of esters is 1. The molecular formula is C22H16N2O4S. The standard InChI is InChI=1S/C22H16N2O4S/c1-14-9-10-23-22(24-14)29-13-16-11-19(25)20(12-27-16)28-21(26)18-8-4-6-15-5-2-3-7-17(15)18/h2-12H,13H2,1H3. The number of hydrogen-bond acceptors (Lipinski definition) is 7. The first-order valence-corrected chi connectivity index (χ1v) is 9.83. The molecule has 29 heavy (non-hydrogen) atoms. The second-order valence-electron chi connectivity index (χ2n) is 6.26. The van der Waals surface area contributed by atoms with E-state index in [2.05, 4.69) is 9.97 Å². The van der Waals surface area contributed by atoms with E-state index in [1.54, 1.807) is 18.3 Å². The summed E-state index contributed by atoms with van der Waals surface area (Å²) in [5.41, 5.74) is 0.823. The summed E-state index contributed by atoms with van der Waals surface area (Å²) in [5, 5.41) is 2.27. The van der Waals surface area contributed by atoms with Crippen molar-refractivity contribution in [3.63, 3.8) is 0 Å². The molecule has 0 radical (unpaired) electrons. The Balaban J connectivity index is 1.49. The van der Waals surface area contributed by atoms with E-state index >= 15 is 0 Å². The Hall–Kier alpha value is -3.45. The summed E-state index contributed by atoms with van der Waals surface area (Å²) in [6, 6.07) is 16.0. The molecule has 0 unspecified atom stereocenters. The topological polar surface area (TPSA) is 82.3 Å². The van der Waals surface area contributed by atoms with Crippen LogP contribution in [0.5, 0.6) is 5.75 Å². The molecule has 0 spiro atoms. The molecule has 0 aliphatic rings. The van der Waals surface area contributed by atoms with Gasteiger partial charge < -0.3 is 9.15 Å². The number of hydrogen-bond donors (Lipinski definition) is 0. The van der Waals surface area contributed by atoms with Crippen molar-refractivity contribution in [1.82, 2.24) is 9.97 Å². The van der Waals surface area contributed by atoms with Gasteiger partial charge >= 0.3 is 5.97 Å². The fourth-order valence-electron chi connectivity index (χ4n) is 2.78. The van der Waals surface area contributed by atoms with Crippen molar-refractivity contribution in [3.8, 4) is 5.75 Å². The smallest absolute Gasteiger partial charge is 0.344 e. The minimum Gasteiger partial charge on any atom is -0.464 e. The predicted molar refractivity (Wildman–Crippen MR) is 110 cm³/mol. The number of aromatic nitrogens is 2. The molecule has 0 aliphatic carbocycles. The third-order valence-corrected chi connectivity index (χ3v) is 5.06. The van der Waals surface area contributed by atoms with Crippen LogP contribution in [0.1, 0.15) is 21.8 Å². The first-order valence-electron chi connectivity index (χ1n) is 8.84. The highest BCUT2D eigenvalue weighted by molar-refractivity contribution is 7.98. The van der Waals surface area contributed by atoms with Gasteiger partial charge in [0.15, 0.2) is 5.16 Å². The van der Waals surface area contributed by atoms with Gasteiger partial charge in [0.05, 0.1) is 11.3 Å². The molecule has 0 atom stereocenters. The Labute approximate surface area is 170 Å². The monoisotopic (exact) mass is 404 g/mol. The number of ether oxygens (including phenoxy) is 1. The van der Waals surface area contributed by atoms with Crippen molar-refractivity contribution >= 4 is 28.5 Å². The zero-order chi connectivity index (χ0) is 20.2. The molecule has 2 heterocycles. The van der Waals surface area contributed by atoms with Crippen molar-refractivity contribution in [2.24, 2.45) is 0 Å². The average molecular weight is 404 g/mol. The lowest BCUT2D eigenvalue weighted by Crippen LogP contribution is -2.15. The Kier molecular flexibility index (Phi) is 5.39. The van der Waals surface area contributed by atoms with E-state index in [4.69, 9.17) is 9.15 Å². The first kappa shape index (κ1) is 18.9. The molecule has 2 aromatic carbocycles.